The number of nitrogens with zero attached hydrogens (tertiary/aromatic N) is 1. The predicted octanol–water partition coefficient (Wildman–Crippen LogP) is 4.93. The lowest BCUT2D eigenvalue weighted by Crippen LogP contribution is -2.28. The Morgan fingerprint density at radius 1 is 1.16 bits per heavy atom. The topological polar surface area (TPSA) is 67.2 Å². The number of rotatable bonds is 4. The molecule has 0 saturated carbocycles. The first-order valence-corrected chi connectivity index (χ1v) is 8.23. The smallest absolute Gasteiger partial charge is 0.319 e. The van der Waals surface area contributed by atoms with Gasteiger partial charge in [0.2, 0.25) is 5.89 Å². The lowest BCUT2D eigenvalue weighted by atomic mass is 10.2. The van der Waals surface area contributed by atoms with Crippen LogP contribution in [0, 0.1) is 13.8 Å². The van der Waals surface area contributed by atoms with Gasteiger partial charge in [0.05, 0.1) is 5.69 Å². The van der Waals surface area contributed by atoms with E-state index in [-0.39, 0.29) is 6.03 Å². The number of carbonyl (C=O) groups is 1. The van der Waals surface area contributed by atoms with E-state index in [0.717, 1.165) is 22.6 Å². The van der Waals surface area contributed by atoms with Crippen LogP contribution in [0.4, 0.5) is 10.5 Å². The van der Waals surface area contributed by atoms with Crippen molar-refractivity contribution in [3.05, 3.63) is 70.6 Å². The van der Waals surface area contributed by atoms with Gasteiger partial charge in [-0.25, -0.2) is 9.78 Å². The zero-order valence-corrected chi connectivity index (χ0v) is 14.7. The van der Waals surface area contributed by atoms with E-state index in [9.17, 15) is 4.79 Å². The zero-order valence-electron chi connectivity index (χ0n) is 14.0. The van der Waals surface area contributed by atoms with Gasteiger partial charge in [0.1, 0.15) is 5.76 Å². The highest BCUT2D eigenvalue weighted by Gasteiger charge is 2.09. The van der Waals surface area contributed by atoms with Gasteiger partial charge in [-0.3, -0.25) is 0 Å². The molecule has 1 heterocycles. The summed E-state index contributed by atoms with van der Waals surface area (Å²) in [5.74, 6) is 1.33. The number of amides is 2. The maximum absolute atomic E-state index is 12.1. The lowest BCUT2D eigenvalue weighted by Gasteiger charge is -2.08. The molecule has 0 bridgehead atoms. The van der Waals surface area contributed by atoms with Crippen molar-refractivity contribution in [2.45, 2.75) is 20.4 Å². The van der Waals surface area contributed by atoms with Crippen LogP contribution in [0.5, 0.6) is 0 Å². The van der Waals surface area contributed by atoms with Gasteiger partial charge >= 0.3 is 6.03 Å². The molecule has 128 valence electrons. The average Bonchev–Trinajstić information content (AvgIpc) is 2.94. The summed E-state index contributed by atoms with van der Waals surface area (Å²) in [7, 11) is 0. The molecule has 2 aromatic carbocycles. The maximum atomic E-state index is 12.1. The summed E-state index contributed by atoms with van der Waals surface area (Å²) in [4.78, 5) is 16.4. The molecule has 6 heteroatoms. The summed E-state index contributed by atoms with van der Waals surface area (Å²) in [6.07, 6.45) is 0. The number of oxazole rings is 1. The summed E-state index contributed by atoms with van der Waals surface area (Å²) < 4.78 is 5.63. The zero-order chi connectivity index (χ0) is 17.8. The maximum Gasteiger partial charge on any atom is 0.319 e. The van der Waals surface area contributed by atoms with Crippen molar-refractivity contribution in [2.24, 2.45) is 0 Å². The van der Waals surface area contributed by atoms with E-state index in [1.807, 2.05) is 50.2 Å². The molecule has 5 nitrogen and oxygen atoms in total. The Morgan fingerprint density at radius 2 is 1.92 bits per heavy atom. The fraction of sp³-hybridized carbons (Fsp3) is 0.158. The molecular weight excluding hydrogens is 338 g/mol. The lowest BCUT2D eigenvalue weighted by molar-refractivity contribution is 0.251. The predicted molar refractivity (Wildman–Crippen MR) is 98.7 cm³/mol. The molecule has 0 fully saturated rings. The summed E-state index contributed by atoms with van der Waals surface area (Å²) in [5.41, 5.74) is 3.31. The van der Waals surface area contributed by atoms with Crippen LogP contribution >= 0.6 is 11.6 Å². The van der Waals surface area contributed by atoms with Crippen molar-refractivity contribution >= 4 is 23.3 Å². The highest BCUT2D eigenvalue weighted by atomic mass is 35.5. The van der Waals surface area contributed by atoms with Gasteiger partial charge in [-0.15, -0.1) is 0 Å². The van der Waals surface area contributed by atoms with Crippen molar-refractivity contribution in [1.29, 1.82) is 0 Å². The first-order chi connectivity index (χ1) is 12.0. The van der Waals surface area contributed by atoms with E-state index < -0.39 is 0 Å². The van der Waals surface area contributed by atoms with Crippen molar-refractivity contribution in [3.8, 4) is 11.5 Å². The number of halogens is 1. The Bertz CT molecular complexity index is 868. The Morgan fingerprint density at radius 3 is 2.60 bits per heavy atom. The van der Waals surface area contributed by atoms with Gasteiger partial charge in [0.15, 0.2) is 0 Å². The summed E-state index contributed by atoms with van der Waals surface area (Å²) in [6.45, 7) is 4.19. The standard InChI is InChI=1S/C19H18ClN3O2/c1-12-13(2)25-18(22-12)15-4-3-5-17(10-15)23-19(24)21-11-14-6-8-16(20)9-7-14/h3-10H,11H2,1-2H3,(H2,21,23,24). The first kappa shape index (κ1) is 17.0. The molecule has 2 amide bonds. The van der Waals surface area contributed by atoms with Gasteiger partial charge < -0.3 is 15.1 Å². The number of aromatic nitrogens is 1. The molecule has 0 unspecified atom stereocenters. The molecule has 3 aromatic rings. The van der Waals surface area contributed by atoms with Crippen LogP contribution in [0.25, 0.3) is 11.5 Å². The van der Waals surface area contributed by atoms with E-state index >= 15 is 0 Å². The molecule has 0 radical (unpaired) electrons. The number of carbonyl (C=O) groups excluding carboxylic acids is 1. The number of hydrogen-bond donors (Lipinski definition) is 2. The minimum absolute atomic E-state index is 0.285. The van der Waals surface area contributed by atoms with Crippen LogP contribution < -0.4 is 10.6 Å². The molecule has 0 saturated heterocycles. The van der Waals surface area contributed by atoms with Gasteiger partial charge in [0.25, 0.3) is 0 Å². The fourth-order valence-corrected chi connectivity index (χ4v) is 2.41. The van der Waals surface area contributed by atoms with Gasteiger partial charge in [-0.2, -0.15) is 0 Å². The normalized spacial score (nSPS) is 10.5. The van der Waals surface area contributed by atoms with Crippen LogP contribution in [0.2, 0.25) is 5.02 Å². The number of urea groups is 1. The molecule has 25 heavy (non-hydrogen) atoms. The SMILES string of the molecule is Cc1nc(-c2cccc(NC(=O)NCc3ccc(Cl)cc3)c2)oc1C. The van der Waals surface area contributed by atoms with Crippen molar-refractivity contribution in [1.82, 2.24) is 10.3 Å². The second-order valence-electron chi connectivity index (χ2n) is 5.68. The number of benzene rings is 2. The minimum Gasteiger partial charge on any atom is -0.441 e. The molecule has 1 aromatic heterocycles. The van der Waals surface area contributed by atoms with Crippen molar-refractivity contribution < 1.29 is 9.21 Å². The fourth-order valence-electron chi connectivity index (χ4n) is 2.29. The third-order valence-electron chi connectivity index (χ3n) is 3.76. The summed E-state index contributed by atoms with van der Waals surface area (Å²) in [5, 5.41) is 6.29. The van der Waals surface area contributed by atoms with Crippen molar-refractivity contribution in [2.75, 3.05) is 5.32 Å². The molecule has 0 spiro atoms. The first-order valence-electron chi connectivity index (χ1n) is 7.85. The summed E-state index contributed by atoms with van der Waals surface area (Å²) >= 11 is 5.85. The van der Waals surface area contributed by atoms with E-state index in [1.165, 1.54) is 0 Å². The van der Waals surface area contributed by atoms with Crippen LogP contribution in [0.15, 0.2) is 52.9 Å². The van der Waals surface area contributed by atoms with Crippen molar-refractivity contribution in [3.63, 3.8) is 0 Å². The average molecular weight is 356 g/mol. The molecule has 3 rings (SSSR count). The molecular formula is C19H18ClN3O2. The third kappa shape index (κ3) is 4.39. The highest BCUT2D eigenvalue weighted by molar-refractivity contribution is 6.30. The van der Waals surface area contributed by atoms with Crippen LogP contribution in [0.1, 0.15) is 17.0 Å². The Labute approximate surface area is 151 Å². The van der Waals surface area contributed by atoms with Gasteiger partial charge in [-0.1, -0.05) is 29.8 Å². The van der Waals surface area contributed by atoms with Gasteiger partial charge in [0, 0.05) is 22.8 Å². The molecule has 2 N–H and O–H groups in total. The van der Waals surface area contributed by atoms with Gasteiger partial charge in [-0.05, 0) is 49.7 Å². The van der Waals surface area contributed by atoms with E-state index in [4.69, 9.17) is 16.0 Å². The molecule has 0 aliphatic rings. The quantitative estimate of drug-likeness (QED) is 0.697. The second-order valence-corrected chi connectivity index (χ2v) is 6.11. The second kappa shape index (κ2) is 7.40. The number of hydrogen-bond acceptors (Lipinski definition) is 3. The Balaban J connectivity index is 1.63. The molecule has 0 aliphatic carbocycles. The Kier molecular flexibility index (Phi) is 5.05. The Hall–Kier alpha value is -2.79. The van der Waals surface area contributed by atoms with E-state index in [2.05, 4.69) is 15.6 Å². The van der Waals surface area contributed by atoms with E-state index in [0.29, 0.717) is 23.1 Å². The largest absolute Gasteiger partial charge is 0.441 e. The van der Waals surface area contributed by atoms with Crippen LogP contribution in [-0.2, 0) is 6.54 Å². The highest BCUT2D eigenvalue weighted by Crippen LogP contribution is 2.24. The molecule has 0 atom stereocenters. The van der Waals surface area contributed by atoms with Crippen LogP contribution in [0.3, 0.4) is 0 Å². The third-order valence-corrected chi connectivity index (χ3v) is 4.01. The number of anilines is 1. The minimum atomic E-state index is -0.285. The number of nitrogens with one attached hydrogen (secondary N) is 2. The number of aryl methyl sites for hydroxylation is 2. The van der Waals surface area contributed by atoms with Crippen LogP contribution in [-0.4, -0.2) is 11.0 Å². The summed E-state index contributed by atoms with van der Waals surface area (Å²) in [6, 6.07) is 14.4. The van der Waals surface area contributed by atoms with E-state index in [1.54, 1.807) is 12.1 Å². The monoisotopic (exact) mass is 355 g/mol. The molecule has 0 aliphatic heterocycles.